The van der Waals surface area contributed by atoms with Crippen LogP contribution < -0.4 is 16.0 Å². The lowest BCUT2D eigenvalue weighted by molar-refractivity contribution is 0.250. The van der Waals surface area contributed by atoms with Crippen LogP contribution in [-0.4, -0.2) is 23.1 Å². The second-order valence-corrected chi connectivity index (χ2v) is 6.02. The second kappa shape index (κ2) is 7.86. The summed E-state index contributed by atoms with van der Waals surface area (Å²) in [6.45, 7) is 3.86. The largest absolute Gasteiger partial charge is 0.367 e. The molecular formula is C16H26N4O. The van der Waals surface area contributed by atoms with Gasteiger partial charge in [0, 0.05) is 12.1 Å². The quantitative estimate of drug-likeness (QED) is 0.740. The van der Waals surface area contributed by atoms with E-state index >= 15 is 0 Å². The maximum atomic E-state index is 11.6. The molecule has 0 atom stereocenters. The first-order valence-electron chi connectivity index (χ1n) is 7.93. The van der Waals surface area contributed by atoms with Crippen molar-refractivity contribution in [1.82, 2.24) is 10.3 Å². The van der Waals surface area contributed by atoms with Crippen molar-refractivity contribution in [2.75, 3.05) is 10.6 Å². The normalized spacial score (nSPS) is 16.3. The molecule has 0 spiro atoms. The lowest BCUT2D eigenvalue weighted by Gasteiger charge is -2.17. The molecule has 0 saturated heterocycles. The van der Waals surface area contributed by atoms with E-state index in [0.717, 1.165) is 5.82 Å². The summed E-state index contributed by atoms with van der Waals surface area (Å²) in [4.78, 5) is 16.0. The fourth-order valence-corrected chi connectivity index (χ4v) is 2.62. The fraction of sp³-hybridized carbons (Fsp3) is 0.625. The van der Waals surface area contributed by atoms with Crippen LogP contribution in [0.1, 0.15) is 52.4 Å². The molecule has 0 aromatic carbocycles. The van der Waals surface area contributed by atoms with E-state index in [2.05, 4.69) is 20.9 Å². The average molecular weight is 290 g/mol. The summed E-state index contributed by atoms with van der Waals surface area (Å²) in [5.74, 6) is 0.886. The van der Waals surface area contributed by atoms with Crippen LogP contribution in [0.4, 0.5) is 16.3 Å². The third-order valence-electron chi connectivity index (χ3n) is 3.65. The molecule has 1 aromatic heterocycles. The monoisotopic (exact) mass is 290 g/mol. The number of aromatic nitrogens is 1. The first kappa shape index (κ1) is 15.6. The lowest BCUT2D eigenvalue weighted by Crippen LogP contribution is -2.34. The van der Waals surface area contributed by atoms with E-state index in [1.165, 1.54) is 38.5 Å². The van der Waals surface area contributed by atoms with Crippen LogP contribution >= 0.6 is 0 Å². The Bertz CT molecular complexity index is 436. The SMILES string of the molecule is CC(C)NC(=O)Nc1ccc(NC2CCCCCC2)nc1. The van der Waals surface area contributed by atoms with Crippen LogP contribution in [0.2, 0.25) is 0 Å². The third-order valence-corrected chi connectivity index (χ3v) is 3.65. The van der Waals surface area contributed by atoms with Gasteiger partial charge in [-0.05, 0) is 38.8 Å². The van der Waals surface area contributed by atoms with Crippen molar-refractivity contribution in [2.24, 2.45) is 0 Å². The Morgan fingerprint density at radius 2 is 1.90 bits per heavy atom. The first-order valence-corrected chi connectivity index (χ1v) is 7.93. The standard InChI is InChI=1S/C16H26N4O/c1-12(2)18-16(21)20-14-9-10-15(17-11-14)19-13-7-5-3-4-6-8-13/h9-13H,3-8H2,1-2H3,(H,17,19)(H2,18,20,21). The molecule has 1 fully saturated rings. The maximum Gasteiger partial charge on any atom is 0.319 e. The first-order chi connectivity index (χ1) is 10.1. The van der Waals surface area contributed by atoms with Gasteiger partial charge >= 0.3 is 6.03 Å². The number of nitrogens with zero attached hydrogens (tertiary/aromatic N) is 1. The smallest absolute Gasteiger partial charge is 0.319 e. The predicted octanol–water partition coefficient (Wildman–Crippen LogP) is 3.75. The van der Waals surface area contributed by atoms with Crippen molar-refractivity contribution in [3.63, 3.8) is 0 Å². The number of carbonyl (C=O) groups excluding carboxylic acids is 1. The number of hydrogen-bond donors (Lipinski definition) is 3. The molecule has 1 aliphatic carbocycles. The number of nitrogens with one attached hydrogen (secondary N) is 3. The molecule has 0 unspecified atom stereocenters. The molecule has 1 aromatic rings. The highest BCUT2D eigenvalue weighted by atomic mass is 16.2. The molecule has 1 aliphatic rings. The van der Waals surface area contributed by atoms with Crippen LogP contribution in [0.15, 0.2) is 18.3 Å². The van der Waals surface area contributed by atoms with Gasteiger partial charge in [-0.25, -0.2) is 9.78 Å². The van der Waals surface area contributed by atoms with Gasteiger partial charge in [0.25, 0.3) is 0 Å². The molecule has 3 N–H and O–H groups in total. The van der Waals surface area contributed by atoms with Gasteiger partial charge in [-0.1, -0.05) is 25.7 Å². The van der Waals surface area contributed by atoms with Gasteiger partial charge < -0.3 is 16.0 Å². The van der Waals surface area contributed by atoms with Crippen molar-refractivity contribution in [3.05, 3.63) is 18.3 Å². The molecule has 0 radical (unpaired) electrons. The Balaban J connectivity index is 1.85. The summed E-state index contributed by atoms with van der Waals surface area (Å²) in [6, 6.07) is 4.26. The van der Waals surface area contributed by atoms with Crippen LogP contribution in [-0.2, 0) is 0 Å². The number of rotatable bonds is 4. The highest BCUT2D eigenvalue weighted by Gasteiger charge is 2.12. The Morgan fingerprint density at radius 3 is 2.48 bits per heavy atom. The van der Waals surface area contributed by atoms with Gasteiger partial charge in [-0.2, -0.15) is 0 Å². The van der Waals surface area contributed by atoms with Crippen LogP contribution in [0.3, 0.4) is 0 Å². The van der Waals surface area contributed by atoms with E-state index in [4.69, 9.17) is 0 Å². The Morgan fingerprint density at radius 1 is 1.19 bits per heavy atom. The van der Waals surface area contributed by atoms with Gasteiger partial charge in [0.15, 0.2) is 0 Å². The fourth-order valence-electron chi connectivity index (χ4n) is 2.62. The molecule has 5 nitrogen and oxygen atoms in total. The lowest BCUT2D eigenvalue weighted by atomic mass is 10.1. The van der Waals surface area contributed by atoms with Crippen molar-refractivity contribution in [2.45, 2.75) is 64.5 Å². The summed E-state index contributed by atoms with van der Waals surface area (Å²) in [5, 5.41) is 9.05. The van der Waals surface area contributed by atoms with Crippen molar-refractivity contribution < 1.29 is 4.79 Å². The summed E-state index contributed by atoms with van der Waals surface area (Å²) in [5.41, 5.74) is 0.708. The zero-order valence-corrected chi connectivity index (χ0v) is 13.0. The van der Waals surface area contributed by atoms with E-state index in [1.807, 2.05) is 26.0 Å². The summed E-state index contributed by atoms with van der Waals surface area (Å²) >= 11 is 0. The van der Waals surface area contributed by atoms with Gasteiger partial charge in [0.1, 0.15) is 5.82 Å². The average Bonchev–Trinajstić information content (AvgIpc) is 2.69. The van der Waals surface area contributed by atoms with E-state index in [1.54, 1.807) is 6.20 Å². The van der Waals surface area contributed by atoms with Gasteiger partial charge in [0.2, 0.25) is 0 Å². The maximum absolute atomic E-state index is 11.6. The molecule has 2 amide bonds. The number of anilines is 2. The van der Waals surface area contributed by atoms with E-state index < -0.39 is 0 Å². The number of carbonyl (C=O) groups is 1. The molecule has 5 heteroatoms. The molecule has 0 aliphatic heterocycles. The Kier molecular flexibility index (Phi) is 5.84. The minimum absolute atomic E-state index is 0.120. The Labute approximate surface area is 126 Å². The predicted molar refractivity (Wildman–Crippen MR) is 86.6 cm³/mol. The van der Waals surface area contributed by atoms with E-state index in [-0.39, 0.29) is 12.1 Å². The minimum Gasteiger partial charge on any atom is -0.367 e. The molecule has 0 bridgehead atoms. The van der Waals surface area contributed by atoms with Gasteiger partial charge in [0.05, 0.1) is 11.9 Å². The molecule has 2 rings (SSSR count). The van der Waals surface area contributed by atoms with E-state index in [0.29, 0.717) is 11.7 Å². The molecule has 1 heterocycles. The molecule has 21 heavy (non-hydrogen) atoms. The zero-order chi connectivity index (χ0) is 15.1. The summed E-state index contributed by atoms with van der Waals surface area (Å²) in [6.07, 6.45) is 9.42. The number of hydrogen-bond acceptors (Lipinski definition) is 3. The second-order valence-electron chi connectivity index (χ2n) is 6.02. The summed E-state index contributed by atoms with van der Waals surface area (Å²) in [7, 11) is 0. The number of pyridine rings is 1. The molecule has 1 saturated carbocycles. The van der Waals surface area contributed by atoms with Crippen molar-refractivity contribution in [3.8, 4) is 0 Å². The van der Waals surface area contributed by atoms with Crippen LogP contribution in [0.5, 0.6) is 0 Å². The minimum atomic E-state index is -0.198. The third kappa shape index (κ3) is 5.61. The molecule has 116 valence electrons. The topological polar surface area (TPSA) is 66.1 Å². The highest BCUT2D eigenvalue weighted by molar-refractivity contribution is 5.89. The van der Waals surface area contributed by atoms with Crippen molar-refractivity contribution in [1.29, 1.82) is 0 Å². The highest BCUT2D eigenvalue weighted by Crippen LogP contribution is 2.20. The number of amides is 2. The van der Waals surface area contributed by atoms with Crippen molar-refractivity contribution >= 4 is 17.5 Å². The van der Waals surface area contributed by atoms with Crippen LogP contribution in [0, 0.1) is 0 Å². The number of urea groups is 1. The van der Waals surface area contributed by atoms with Crippen LogP contribution in [0.25, 0.3) is 0 Å². The summed E-state index contributed by atoms with van der Waals surface area (Å²) < 4.78 is 0. The molecular weight excluding hydrogens is 264 g/mol. The zero-order valence-electron chi connectivity index (χ0n) is 13.0. The Hall–Kier alpha value is -1.78. The van der Waals surface area contributed by atoms with Gasteiger partial charge in [-0.15, -0.1) is 0 Å². The van der Waals surface area contributed by atoms with Gasteiger partial charge in [-0.3, -0.25) is 0 Å². The van der Waals surface area contributed by atoms with E-state index in [9.17, 15) is 4.79 Å².